The van der Waals surface area contributed by atoms with E-state index in [-0.39, 0.29) is 36.5 Å². The zero-order chi connectivity index (χ0) is 18.7. The van der Waals surface area contributed by atoms with E-state index in [9.17, 15) is 14.3 Å². The average molecular weight is 347 g/mol. The molecular weight excluding hydrogens is 321 g/mol. The Hall–Kier alpha value is -1.98. The van der Waals surface area contributed by atoms with E-state index in [1.54, 1.807) is 16.7 Å². The molecule has 136 valence electrons. The maximum atomic E-state index is 13.4. The van der Waals surface area contributed by atoms with Gasteiger partial charge in [0.25, 0.3) is 5.56 Å². The van der Waals surface area contributed by atoms with Crippen LogP contribution in [0.5, 0.6) is 0 Å². The molecule has 0 aliphatic heterocycles. The van der Waals surface area contributed by atoms with Crippen molar-refractivity contribution in [3.05, 3.63) is 57.3 Å². The van der Waals surface area contributed by atoms with Gasteiger partial charge in [0.1, 0.15) is 5.82 Å². The summed E-state index contributed by atoms with van der Waals surface area (Å²) in [4.78, 5) is 13.2. The van der Waals surface area contributed by atoms with Crippen LogP contribution in [-0.2, 0) is 18.0 Å². The number of aliphatic hydroxyl groups is 1. The molecule has 0 amide bonds. The molecule has 0 saturated carbocycles. The lowest BCUT2D eigenvalue weighted by molar-refractivity contribution is 0.183. The van der Waals surface area contributed by atoms with Crippen molar-refractivity contribution in [2.24, 2.45) is 0 Å². The number of hydrogen-bond acceptors (Lipinski definition) is 3. The minimum Gasteiger partial charge on any atom is -0.392 e. The Kier molecular flexibility index (Phi) is 6.14. The highest BCUT2D eigenvalue weighted by atomic mass is 19.1. The molecule has 0 bridgehead atoms. The summed E-state index contributed by atoms with van der Waals surface area (Å²) >= 11 is 0. The van der Waals surface area contributed by atoms with E-state index in [4.69, 9.17) is 4.74 Å². The van der Waals surface area contributed by atoms with Crippen molar-refractivity contribution in [1.29, 1.82) is 0 Å². The molecule has 2 rings (SSSR count). The highest BCUT2D eigenvalue weighted by Crippen LogP contribution is 2.33. The Morgan fingerprint density at radius 1 is 1.12 bits per heavy atom. The maximum absolute atomic E-state index is 13.4. The number of hydrogen-bond donors (Lipinski definition) is 1. The van der Waals surface area contributed by atoms with E-state index >= 15 is 0 Å². The number of aromatic nitrogens is 1. The molecular formula is C20H26FNO3. The Labute approximate surface area is 147 Å². The van der Waals surface area contributed by atoms with Crippen LogP contribution in [0.2, 0.25) is 0 Å². The fraction of sp³-hybridized carbons (Fsp3) is 0.450. The van der Waals surface area contributed by atoms with Crippen molar-refractivity contribution in [3.8, 4) is 11.1 Å². The first-order chi connectivity index (χ1) is 11.8. The number of benzene rings is 1. The Balaban J connectivity index is 2.97. The van der Waals surface area contributed by atoms with Crippen molar-refractivity contribution in [2.45, 2.75) is 52.9 Å². The van der Waals surface area contributed by atoms with Gasteiger partial charge in [-0.1, -0.05) is 26.0 Å². The molecule has 5 heteroatoms. The largest absolute Gasteiger partial charge is 0.392 e. The van der Waals surface area contributed by atoms with Crippen molar-refractivity contribution < 1.29 is 14.2 Å². The minimum absolute atomic E-state index is 0.0481. The molecule has 0 saturated heterocycles. The fourth-order valence-electron chi connectivity index (χ4n) is 3.36. The summed E-state index contributed by atoms with van der Waals surface area (Å²) in [6, 6.07) is 5.93. The first-order valence-electron chi connectivity index (χ1n) is 8.49. The van der Waals surface area contributed by atoms with Gasteiger partial charge in [-0.3, -0.25) is 4.79 Å². The van der Waals surface area contributed by atoms with E-state index in [1.807, 2.05) is 27.7 Å². The second kappa shape index (κ2) is 7.93. The van der Waals surface area contributed by atoms with Gasteiger partial charge < -0.3 is 14.4 Å². The normalized spacial score (nSPS) is 11.6. The monoisotopic (exact) mass is 347 g/mol. The van der Waals surface area contributed by atoms with Crippen molar-refractivity contribution >= 4 is 0 Å². The summed E-state index contributed by atoms with van der Waals surface area (Å²) < 4.78 is 20.3. The summed E-state index contributed by atoms with van der Waals surface area (Å²) in [6.07, 6.45) is 0. The van der Waals surface area contributed by atoms with Crippen LogP contribution >= 0.6 is 0 Å². The van der Waals surface area contributed by atoms with E-state index in [1.165, 1.54) is 19.2 Å². The maximum Gasteiger partial charge on any atom is 0.257 e. The van der Waals surface area contributed by atoms with Gasteiger partial charge in [-0.2, -0.15) is 0 Å². The van der Waals surface area contributed by atoms with Crippen LogP contribution in [-0.4, -0.2) is 16.8 Å². The molecule has 4 nitrogen and oxygen atoms in total. The topological polar surface area (TPSA) is 51.5 Å². The Bertz CT molecular complexity index is 792. The van der Waals surface area contributed by atoms with Crippen LogP contribution < -0.4 is 5.56 Å². The van der Waals surface area contributed by atoms with Gasteiger partial charge in [0, 0.05) is 24.4 Å². The molecule has 1 aromatic heterocycles. The third-order valence-electron chi connectivity index (χ3n) is 4.29. The summed E-state index contributed by atoms with van der Waals surface area (Å²) in [5.41, 5.74) is 3.21. The third kappa shape index (κ3) is 3.67. The Morgan fingerprint density at radius 3 is 2.16 bits per heavy atom. The zero-order valence-electron chi connectivity index (χ0n) is 15.5. The van der Waals surface area contributed by atoms with Gasteiger partial charge >= 0.3 is 0 Å². The van der Waals surface area contributed by atoms with Gasteiger partial charge in [0.15, 0.2) is 0 Å². The molecule has 0 fully saturated rings. The molecule has 0 unspecified atom stereocenters. The number of rotatable bonds is 6. The van der Waals surface area contributed by atoms with Crippen LogP contribution in [0.1, 0.15) is 56.5 Å². The van der Waals surface area contributed by atoms with Crippen molar-refractivity contribution in [2.75, 3.05) is 7.11 Å². The predicted molar refractivity (Wildman–Crippen MR) is 97.2 cm³/mol. The van der Waals surface area contributed by atoms with E-state index in [0.717, 1.165) is 5.69 Å². The lowest BCUT2D eigenvalue weighted by atomic mass is 9.90. The van der Waals surface area contributed by atoms with Crippen LogP contribution in [0.3, 0.4) is 0 Å². The van der Waals surface area contributed by atoms with Crippen LogP contribution in [0.25, 0.3) is 11.1 Å². The number of methoxy groups -OCH3 is 1. The quantitative estimate of drug-likeness (QED) is 0.859. The first-order valence-corrected chi connectivity index (χ1v) is 8.49. The predicted octanol–water partition coefficient (Wildman–Crippen LogP) is 4.00. The molecule has 0 spiro atoms. The molecule has 2 aromatic rings. The molecule has 1 aromatic carbocycles. The Morgan fingerprint density at radius 2 is 1.72 bits per heavy atom. The van der Waals surface area contributed by atoms with E-state index in [0.29, 0.717) is 22.3 Å². The smallest absolute Gasteiger partial charge is 0.257 e. The number of nitrogens with zero attached hydrogens (tertiary/aromatic N) is 1. The van der Waals surface area contributed by atoms with Gasteiger partial charge in [0.2, 0.25) is 0 Å². The molecule has 0 aliphatic carbocycles. The average Bonchev–Trinajstić information content (AvgIpc) is 2.56. The van der Waals surface area contributed by atoms with Gasteiger partial charge in [-0.15, -0.1) is 0 Å². The van der Waals surface area contributed by atoms with Crippen LogP contribution in [0, 0.1) is 5.82 Å². The van der Waals surface area contributed by atoms with Gasteiger partial charge in [0.05, 0.1) is 18.8 Å². The number of aliphatic hydroxyl groups excluding tert-OH is 1. The van der Waals surface area contributed by atoms with E-state index in [2.05, 4.69) is 0 Å². The SMILES string of the molecule is COCc1c(-c2ccc(F)cc2)c(CO)c(C(C)C)n(C(C)C)c1=O. The number of ether oxygens (including phenoxy) is 1. The van der Waals surface area contributed by atoms with Crippen LogP contribution in [0.15, 0.2) is 29.1 Å². The summed E-state index contributed by atoms with van der Waals surface area (Å²) in [5, 5.41) is 10.1. The van der Waals surface area contributed by atoms with Gasteiger partial charge in [-0.25, -0.2) is 4.39 Å². The summed E-state index contributed by atoms with van der Waals surface area (Å²) in [7, 11) is 1.53. The fourth-order valence-corrected chi connectivity index (χ4v) is 3.36. The molecule has 1 heterocycles. The minimum atomic E-state index is -0.345. The second-order valence-corrected chi connectivity index (χ2v) is 6.74. The molecule has 0 atom stereocenters. The number of halogens is 1. The lowest BCUT2D eigenvalue weighted by Crippen LogP contribution is -2.32. The zero-order valence-corrected chi connectivity index (χ0v) is 15.5. The molecule has 0 radical (unpaired) electrons. The molecule has 1 N–H and O–H groups in total. The summed E-state index contributed by atoms with van der Waals surface area (Å²) in [6.45, 7) is 7.81. The van der Waals surface area contributed by atoms with Gasteiger partial charge in [-0.05, 0) is 43.0 Å². The standard InChI is InChI=1S/C20H26FNO3/c1-12(2)19-16(10-23)18(14-6-8-15(21)9-7-14)17(11-25-5)20(24)22(19)13(3)4/h6-9,12-13,23H,10-11H2,1-5H3. The van der Waals surface area contributed by atoms with Crippen molar-refractivity contribution in [3.63, 3.8) is 0 Å². The highest BCUT2D eigenvalue weighted by Gasteiger charge is 2.25. The number of pyridine rings is 1. The lowest BCUT2D eigenvalue weighted by Gasteiger charge is -2.26. The summed E-state index contributed by atoms with van der Waals surface area (Å²) in [5.74, 6) is -0.296. The first kappa shape index (κ1) is 19.3. The second-order valence-electron chi connectivity index (χ2n) is 6.74. The van der Waals surface area contributed by atoms with Crippen LogP contribution in [0.4, 0.5) is 4.39 Å². The van der Waals surface area contributed by atoms with E-state index < -0.39 is 0 Å². The van der Waals surface area contributed by atoms with Crippen molar-refractivity contribution in [1.82, 2.24) is 4.57 Å². The third-order valence-corrected chi connectivity index (χ3v) is 4.29. The molecule has 25 heavy (non-hydrogen) atoms. The molecule has 0 aliphatic rings. The highest BCUT2D eigenvalue weighted by molar-refractivity contribution is 5.72.